The van der Waals surface area contributed by atoms with Gasteiger partial charge in [-0.05, 0) is 23.6 Å². The SMILES string of the molecule is c1cncc(OCCNCc2cccs2)c1. The molecule has 0 amide bonds. The van der Waals surface area contributed by atoms with Gasteiger partial charge in [-0.3, -0.25) is 4.98 Å². The van der Waals surface area contributed by atoms with Gasteiger partial charge in [-0.25, -0.2) is 0 Å². The van der Waals surface area contributed by atoms with E-state index in [1.165, 1.54) is 4.88 Å². The predicted molar refractivity (Wildman–Crippen MR) is 65.8 cm³/mol. The third-order valence-electron chi connectivity index (χ3n) is 2.06. The number of thiophene rings is 1. The number of pyridine rings is 1. The summed E-state index contributed by atoms with van der Waals surface area (Å²) >= 11 is 1.76. The standard InChI is InChI=1S/C12H14N2OS/c1-3-11(9-13-5-1)15-7-6-14-10-12-4-2-8-16-12/h1-5,8-9,14H,6-7,10H2. The van der Waals surface area contributed by atoms with Crippen molar-refractivity contribution in [1.82, 2.24) is 10.3 Å². The second-order valence-corrected chi connectivity index (χ2v) is 4.33. The molecule has 0 fully saturated rings. The number of aromatic nitrogens is 1. The third-order valence-corrected chi connectivity index (χ3v) is 2.94. The van der Waals surface area contributed by atoms with E-state index in [1.54, 1.807) is 23.7 Å². The number of nitrogens with one attached hydrogen (secondary N) is 1. The summed E-state index contributed by atoms with van der Waals surface area (Å²) in [5.74, 6) is 0.820. The Morgan fingerprint density at radius 3 is 3.06 bits per heavy atom. The van der Waals surface area contributed by atoms with E-state index in [-0.39, 0.29) is 0 Å². The molecule has 1 N–H and O–H groups in total. The van der Waals surface area contributed by atoms with Crippen LogP contribution < -0.4 is 10.1 Å². The fraction of sp³-hybridized carbons (Fsp3) is 0.250. The summed E-state index contributed by atoms with van der Waals surface area (Å²) in [5.41, 5.74) is 0. The molecule has 0 aliphatic heterocycles. The molecule has 84 valence electrons. The van der Waals surface area contributed by atoms with Crippen LogP contribution in [-0.4, -0.2) is 18.1 Å². The van der Waals surface area contributed by atoms with E-state index in [0.29, 0.717) is 6.61 Å². The highest BCUT2D eigenvalue weighted by Crippen LogP contribution is 2.07. The third kappa shape index (κ3) is 3.64. The summed E-state index contributed by atoms with van der Waals surface area (Å²) in [7, 11) is 0. The van der Waals surface area contributed by atoms with Gasteiger partial charge >= 0.3 is 0 Å². The molecule has 16 heavy (non-hydrogen) atoms. The molecule has 0 bridgehead atoms. The zero-order valence-electron chi connectivity index (χ0n) is 8.93. The van der Waals surface area contributed by atoms with E-state index in [0.717, 1.165) is 18.8 Å². The molecule has 2 aromatic rings. The lowest BCUT2D eigenvalue weighted by Gasteiger charge is -2.05. The second kappa shape index (κ2) is 6.25. The van der Waals surface area contributed by atoms with Gasteiger partial charge in [0.2, 0.25) is 0 Å². The van der Waals surface area contributed by atoms with Gasteiger partial charge in [-0.2, -0.15) is 0 Å². The van der Waals surface area contributed by atoms with Crippen LogP contribution in [-0.2, 0) is 6.54 Å². The van der Waals surface area contributed by atoms with Crippen molar-refractivity contribution >= 4 is 11.3 Å². The van der Waals surface area contributed by atoms with Crippen molar-refractivity contribution in [3.63, 3.8) is 0 Å². The van der Waals surface area contributed by atoms with Crippen molar-refractivity contribution in [2.75, 3.05) is 13.2 Å². The summed E-state index contributed by atoms with van der Waals surface area (Å²) in [5, 5.41) is 5.41. The van der Waals surface area contributed by atoms with Crippen LogP contribution in [0.2, 0.25) is 0 Å². The Morgan fingerprint density at radius 1 is 1.31 bits per heavy atom. The summed E-state index contributed by atoms with van der Waals surface area (Å²) in [6, 6.07) is 7.97. The number of hydrogen-bond donors (Lipinski definition) is 1. The summed E-state index contributed by atoms with van der Waals surface area (Å²) in [6.07, 6.45) is 3.46. The first-order valence-electron chi connectivity index (χ1n) is 5.21. The molecule has 2 rings (SSSR count). The van der Waals surface area contributed by atoms with Gasteiger partial charge in [0.15, 0.2) is 0 Å². The summed E-state index contributed by atoms with van der Waals surface area (Å²) < 4.78 is 5.50. The minimum Gasteiger partial charge on any atom is -0.491 e. The Hall–Kier alpha value is -1.39. The van der Waals surface area contributed by atoms with E-state index in [2.05, 4.69) is 27.8 Å². The Balaban J connectivity index is 1.59. The maximum absolute atomic E-state index is 5.50. The molecule has 2 heterocycles. The molecule has 0 aromatic carbocycles. The van der Waals surface area contributed by atoms with Crippen LogP contribution in [0, 0.1) is 0 Å². The summed E-state index contributed by atoms with van der Waals surface area (Å²) in [6.45, 7) is 2.41. The lowest BCUT2D eigenvalue weighted by atomic mass is 10.4. The van der Waals surface area contributed by atoms with Crippen LogP contribution in [0.15, 0.2) is 42.0 Å². The van der Waals surface area contributed by atoms with Crippen molar-refractivity contribution in [3.05, 3.63) is 46.9 Å². The fourth-order valence-corrected chi connectivity index (χ4v) is 1.97. The number of rotatable bonds is 6. The lowest BCUT2D eigenvalue weighted by Crippen LogP contribution is -2.20. The number of nitrogens with zero attached hydrogens (tertiary/aromatic N) is 1. The Labute approximate surface area is 99.1 Å². The average Bonchev–Trinajstić information content (AvgIpc) is 2.83. The van der Waals surface area contributed by atoms with Gasteiger partial charge in [0.25, 0.3) is 0 Å². The van der Waals surface area contributed by atoms with Crippen LogP contribution in [0.5, 0.6) is 5.75 Å². The summed E-state index contributed by atoms with van der Waals surface area (Å²) in [4.78, 5) is 5.33. The van der Waals surface area contributed by atoms with Crippen LogP contribution in [0.3, 0.4) is 0 Å². The van der Waals surface area contributed by atoms with Crippen molar-refractivity contribution in [1.29, 1.82) is 0 Å². The smallest absolute Gasteiger partial charge is 0.137 e. The molecule has 0 radical (unpaired) electrons. The normalized spacial score (nSPS) is 10.2. The predicted octanol–water partition coefficient (Wildman–Crippen LogP) is 2.31. The maximum atomic E-state index is 5.50. The first-order valence-corrected chi connectivity index (χ1v) is 6.09. The Kier molecular flexibility index (Phi) is 4.34. The Bertz CT molecular complexity index is 389. The lowest BCUT2D eigenvalue weighted by molar-refractivity contribution is 0.312. The highest BCUT2D eigenvalue weighted by Gasteiger charge is 1.94. The van der Waals surface area contributed by atoms with E-state index in [1.807, 2.05) is 12.1 Å². The van der Waals surface area contributed by atoms with Gasteiger partial charge < -0.3 is 10.1 Å². The maximum Gasteiger partial charge on any atom is 0.137 e. The molecule has 0 spiro atoms. The van der Waals surface area contributed by atoms with Gasteiger partial charge in [-0.1, -0.05) is 6.07 Å². The molecule has 4 heteroatoms. The molecule has 0 saturated carbocycles. The molecule has 0 aliphatic rings. The largest absolute Gasteiger partial charge is 0.491 e. The van der Waals surface area contributed by atoms with E-state index in [4.69, 9.17) is 4.74 Å². The van der Waals surface area contributed by atoms with E-state index >= 15 is 0 Å². The van der Waals surface area contributed by atoms with Crippen molar-refractivity contribution in [2.24, 2.45) is 0 Å². The highest BCUT2D eigenvalue weighted by molar-refractivity contribution is 7.09. The molecule has 3 nitrogen and oxygen atoms in total. The van der Waals surface area contributed by atoms with Crippen molar-refractivity contribution in [3.8, 4) is 5.75 Å². The Morgan fingerprint density at radius 2 is 2.31 bits per heavy atom. The molecule has 0 unspecified atom stereocenters. The first-order chi connectivity index (χ1) is 7.95. The average molecular weight is 234 g/mol. The van der Waals surface area contributed by atoms with Gasteiger partial charge in [0.05, 0.1) is 6.20 Å². The van der Waals surface area contributed by atoms with Crippen molar-refractivity contribution in [2.45, 2.75) is 6.54 Å². The van der Waals surface area contributed by atoms with Crippen LogP contribution in [0.25, 0.3) is 0 Å². The van der Waals surface area contributed by atoms with Crippen LogP contribution in [0.4, 0.5) is 0 Å². The molecular formula is C12H14N2OS. The van der Waals surface area contributed by atoms with Crippen LogP contribution in [0.1, 0.15) is 4.88 Å². The number of ether oxygens (including phenoxy) is 1. The fourth-order valence-electron chi connectivity index (χ4n) is 1.30. The zero-order valence-corrected chi connectivity index (χ0v) is 9.74. The quantitative estimate of drug-likeness (QED) is 0.779. The number of hydrogen-bond acceptors (Lipinski definition) is 4. The molecule has 0 saturated heterocycles. The molecule has 0 aliphatic carbocycles. The van der Waals surface area contributed by atoms with Gasteiger partial charge in [0.1, 0.15) is 12.4 Å². The zero-order chi connectivity index (χ0) is 11.1. The van der Waals surface area contributed by atoms with E-state index < -0.39 is 0 Å². The topological polar surface area (TPSA) is 34.1 Å². The second-order valence-electron chi connectivity index (χ2n) is 3.29. The first kappa shape index (κ1) is 11.1. The van der Waals surface area contributed by atoms with Gasteiger partial charge in [-0.15, -0.1) is 11.3 Å². The monoisotopic (exact) mass is 234 g/mol. The molecule has 2 aromatic heterocycles. The minimum absolute atomic E-state index is 0.664. The molecule has 0 atom stereocenters. The minimum atomic E-state index is 0.664. The van der Waals surface area contributed by atoms with E-state index in [9.17, 15) is 0 Å². The van der Waals surface area contributed by atoms with Crippen LogP contribution >= 0.6 is 11.3 Å². The van der Waals surface area contributed by atoms with Gasteiger partial charge in [0, 0.05) is 24.2 Å². The molecular weight excluding hydrogens is 220 g/mol. The van der Waals surface area contributed by atoms with Crippen molar-refractivity contribution < 1.29 is 4.74 Å². The highest BCUT2D eigenvalue weighted by atomic mass is 32.1.